The van der Waals surface area contributed by atoms with Crippen LogP contribution in [0, 0.1) is 0 Å². The Morgan fingerprint density at radius 2 is 2.38 bits per heavy atom. The van der Waals surface area contributed by atoms with E-state index in [-0.39, 0.29) is 11.8 Å². The van der Waals surface area contributed by atoms with Crippen LogP contribution in [0.5, 0.6) is 0 Å². The smallest absolute Gasteiger partial charge is 0.173 e. The molecule has 0 aromatic carbocycles. The Morgan fingerprint density at radius 1 is 1.69 bits per heavy atom. The Kier molecular flexibility index (Phi) is 3.27. The lowest BCUT2D eigenvalue weighted by Gasteiger charge is -2.09. The van der Waals surface area contributed by atoms with Gasteiger partial charge in [-0.3, -0.25) is 0 Å². The van der Waals surface area contributed by atoms with Gasteiger partial charge in [0.15, 0.2) is 9.84 Å². The molecule has 0 saturated carbocycles. The van der Waals surface area contributed by atoms with Crippen molar-refractivity contribution < 1.29 is 8.42 Å². The molecule has 1 aliphatic heterocycles. The summed E-state index contributed by atoms with van der Waals surface area (Å²) in [6, 6.07) is -0.0340. The third-order valence-corrected chi connectivity index (χ3v) is 3.44. The largest absolute Gasteiger partial charge is 0.306 e. The first kappa shape index (κ1) is 10.5. The van der Waals surface area contributed by atoms with Crippen molar-refractivity contribution in [1.29, 1.82) is 0 Å². The second kappa shape index (κ2) is 4.07. The molecule has 1 atom stereocenters. The minimum Gasteiger partial charge on any atom is -0.306 e. The van der Waals surface area contributed by atoms with Crippen molar-refractivity contribution in [2.75, 3.05) is 12.3 Å². The number of hydrogen-bond acceptors (Lipinski definition) is 3. The molecule has 0 aromatic heterocycles. The van der Waals surface area contributed by atoms with E-state index < -0.39 is 9.84 Å². The first-order valence-corrected chi connectivity index (χ1v) is 6.06. The molecule has 0 amide bonds. The van der Waals surface area contributed by atoms with Gasteiger partial charge in [-0.2, -0.15) is 0 Å². The van der Waals surface area contributed by atoms with Gasteiger partial charge in [0.2, 0.25) is 0 Å². The zero-order valence-corrected chi connectivity index (χ0v) is 8.60. The number of hydrogen-bond donors (Lipinski definition) is 1. The highest BCUT2D eigenvalue weighted by atomic mass is 32.2. The predicted molar refractivity (Wildman–Crippen MR) is 54.1 cm³/mol. The van der Waals surface area contributed by atoms with Crippen LogP contribution in [0.3, 0.4) is 0 Å². The highest BCUT2D eigenvalue weighted by Crippen LogP contribution is 2.08. The molecule has 4 heteroatoms. The van der Waals surface area contributed by atoms with Crippen LogP contribution in [0.4, 0.5) is 0 Å². The molecule has 13 heavy (non-hydrogen) atoms. The van der Waals surface area contributed by atoms with E-state index in [9.17, 15) is 8.42 Å². The fraction of sp³-hybridized carbons (Fsp3) is 0.556. The Labute approximate surface area is 79.4 Å². The van der Waals surface area contributed by atoms with Crippen LogP contribution in [0.2, 0.25) is 0 Å². The van der Waals surface area contributed by atoms with Crippen molar-refractivity contribution in [3.05, 3.63) is 23.6 Å². The van der Waals surface area contributed by atoms with Crippen LogP contribution >= 0.6 is 0 Å². The van der Waals surface area contributed by atoms with Crippen molar-refractivity contribution in [2.24, 2.45) is 0 Å². The Hall–Kier alpha value is -0.610. The monoisotopic (exact) mass is 201 g/mol. The zero-order chi connectivity index (χ0) is 9.90. The van der Waals surface area contributed by atoms with Crippen LogP contribution in [-0.4, -0.2) is 26.8 Å². The van der Waals surface area contributed by atoms with E-state index >= 15 is 0 Å². The maximum Gasteiger partial charge on any atom is 0.173 e. The second-order valence-corrected chi connectivity index (χ2v) is 5.18. The highest BCUT2D eigenvalue weighted by molar-refractivity contribution is 7.94. The second-order valence-electron chi connectivity index (χ2n) is 3.25. The van der Waals surface area contributed by atoms with Gasteiger partial charge in [-0.05, 0) is 6.42 Å². The molecule has 1 N–H and O–H groups in total. The lowest BCUT2D eigenvalue weighted by molar-refractivity contribution is 0.596. The molecular weight excluding hydrogens is 186 g/mol. The number of sulfone groups is 1. The predicted octanol–water partition coefficient (Wildman–Crippen LogP) is 0.853. The molecule has 0 aliphatic carbocycles. The van der Waals surface area contributed by atoms with Gasteiger partial charge in [-0.15, -0.1) is 0 Å². The zero-order valence-electron chi connectivity index (χ0n) is 7.79. The lowest BCUT2D eigenvalue weighted by Crippen LogP contribution is -2.31. The van der Waals surface area contributed by atoms with E-state index in [1.807, 2.05) is 6.92 Å². The number of rotatable bonds is 4. The maximum atomic E-state index is 11.0. The molecule has 1 rings (SSSR count). The summed E-state index contributed by atoms with van der Waals surface area (Å²) in [5.41, 5.74) is 1.10. The van der Waals surface area contributed by atoms with Gasteiger partial charge < -0.3 is 5.32 Å². The van der Waals surface area contributed by atoms with Crippen LogP contribution in [-0.2, 0) is 9.84 Å². The van der Waals surface area contributed by atoms with E-state index in [0.717, 1.165) is 12.0 Å². The molecule has 0 fully saturated rings. The Balaban J connectivity index is 2.35. The molecule has 1 unspecified atom stereocenters. The summed E-state index contributed by atoms with van der Waals surface area (Å²) in [7, 11) is -2.92. The Bertz CT molecular complexity index is 317. The van der Waals surface area contributed by atoms with Crippen molar-refractivity contribution in [1.82, 2.24) is 5.32 Å². The summed E-state index contributed by atoms with van der Waals surface area (Å²) in [4.78, 5) is 0. The van der Waals surface area contributed by atoms with Crippen LogP contribution in [0.15, 0.2) is 23.6 Å². The van der Waals surface area contributed by atoms with E-state index in [0.29, 0.717) is 6.54 Å². The minimum atomic E-state index is -2.92. The molecule has 0 bridgehead atoms. The fourth-order valence-electron chi connectivity index (χ4n) is 1.10. The van der Waals surface area contributed by atoms with Crippen LogP contribution in [0.1, 0.15) is 13.3 Å². The van der Waals surface area contributed by atoms with Gasteiger partial charge in [-0.25, -0.2) is 8.42 Å². The quantitative estimate of drug-likeness (QED) is 0.686. The van der Waals surface area contributed by atoms with Crippen molar-refractivity contribution in [3.8, 4) is 0 Å². The molecule has 0 radical (unpaired) electrons. The molecule has 74 valence electrons. The molecular formula is C9H15NO2S. The minimum absolute atomic E-state index is 0.0340. The summed E-state index contributed by atoms with van der Waals surface area (Å²) >= 11 is 0. The average molecular weight is 201 g/mol. The molecule has 0 spiro atoms. The van der Waals surface area contributed by atoms with Crippen LogP contribution in [0.25, 0.3) is 0 Å². The van der Waals surface area contributed by atoms with Gasteiger partial charge in [0.05, 0.1) is 5.75 Å². The van der Waals surface area contributed by atoms with E-state index in [2.05, 4.69) is 11.9 Å². The van der Waals surface area contributed by atoms with Gasteiger partial charge in [0.25, 0.3) is 0 Å². The molecule has 1 heterocycles. The summed E-state index contributed by atoms with van der Waals surface area (Å²) in [5, 5.41) is 4.40. The summed E-state index contributed by atoms with van der Waals surface area (Å²) in [6.07, 6.45) is 2.62. The first-order valence-electron chi connectivity index (χ1n) is 4.34. The average Bonchev–Trinajstić information content (AvgIpc) is 2.41. The van der Waals surface area contributed by atoms with Gasteiger partial charge in [0, 0.05) is 18.0 Å². The first-order chi connectivity index (χ1) is 6.03. The SMILES string of the molecule is C=C(CC)CNC1C=CS(=O)(=O)C1. The Morgan fingerprint density at radius 3 is 2.85 bits per heavy atom. The van der Waals surface area contributed by atoms with E-state index in [4.69, 9.17) is 0 Å². The molecule has 0 aromatic rings. The lowest BCUT2D eigenvalue weighted by atomic mass is 10.2. The van der Waals surface area contributed by atoms with Crippen molar-refractivity contribution in [3.63, 3.8) is 0 Å². The number of nitrogens with one attached hydrogen (secondary N) is 1. The molecule has 0 saturated heterocycles. The maximum absolute atomic E-state index is 11.0. The van der Waals surface area contributed by atoms with Crippen molar-refractivity contribution >= 4 is 9.84 Å². The summed E-state index contributed by atoms with van der Waals surface area (Å²) in [6.45, 7) is 6.56. The molecule has 1 aliphatic rings. The third-order valence-electron chi connectivity index (χ3n) is 2.04. The van der Waals surface area contributed by atoms with Gasteiger partial charge >= 0.3 is 0 Å². The fourth-order valence-corrected chi connectivity index (χ4v) is 2.37. The van der Waals surface area contributed by atoms with Crippen LogP contribution < -0.4 is 5.32 Å². The normalized spacial score (nSPS) is 24.8. The van der Waals surface area contributed by atoms with Crippen molar-refractivity contribution in [2.45, 2.75) is 19.4 Å². The summed E-state index contributed by atoms with van der Waals surface area (Å²) in [5.74, 6) is 0.185. The molecule has 3 nitrogen and oxygen atoms in total. The highest BCUT2D eigenvalue weighted by Gasteiger charge is 2.20. The third kappa shape index (κ3) is 3.32. The van der Waals surface area contributed by atoms with E-state index in [1.165, 1.54) is 5.41 Å². The van der Waals surface area contributed by atoms with Gasteiger partial charge in [-0.1, -0.05) is 25.2 Å². The summed E-state index contributed by atoms with van der Waals surface area (Å²) < 4.78 is 22.0. The van der Waals surface area contributed by atoms with E-state index in [1.54, 1.807) is 6.08 Å². The van der Waals surface area contributed by atoms with Gasteiger partial charge in [0.1, 0.15) is 0 Å². The standard InChI is InChI=1S/C9H15NO2S/c1-3-8(2)6-10-9-4-5-13(11,12)7-9/h4-5,9-10H,2-3,6-7H2,1H3. The topological polar surface area (TPSA) is 46.2 Å².